The summed E-state index contributed by atoms with van der Waals surface area (Å²) in [5.41, 5.74) is -1.32. The number of fused-ring (bicyclic) bond motifs is 1. The molecule has 3 rings (SSSR count). The van der Waals surface area contributed by atoms with Crippen molar-refractivity contribution < 1.29 is 13.2 Å². The summed E-state index contributed by atoms with van der Waals surface area (Å²) in [4.78, 5) is 3.97. The van der Waals surface area contributed by atoms with Crippen LogP contribution in [-0.4, -0.2) is 15.7 Å². The minimum absolute atomic E-state index is 0.189. The second kappa shape index (κ2) is 2.85. The lowest BCUT2D eigenvalue weighted by Gasteiger charge is -2.13. The Bertz CT molecular complexity index is 620. The Hall–Kier alpha value is -1.92. The average Bonchev–Trinajstić information content (AvgIpc) is 3.01. The van der Waals surface area contributed by atoms with Gasteiger partial charge in [-0.15, -0.1) is 10.2 Å². The predicted molar refractivity (Wildman–Crippen MR) is 53.3 cm³/mol. The van der Waals surface area contributed by atoms with E-state index in [2.05, 4.69) is 15.2 Å². The third-order valence-corrected chi connectivity index (χ3v) is 2.79. The number of hydrogen-bond donors (Lipinski definition) is 0. The van der Waals surface area contributed by atoms with E-state index < -0.39 is 11.8 Å². The van der Waals surface area contributed by atoms with Crippen LogP contribution in [0.1, 0.15) is 5.82 Å². The van der Waals surface area contributed by atoms with Crippen LogP contribution in [0.15, 0.2) is 34.5 Å². The number of benzene rings is 1. The summed E-state index contributed by atoms with van der Waals surface area (Å²) >= 11 is 0. The fraction of sp³-hybridized carbons (Fsp3) is 0.300. The van der Waals surface area contributed by atoms with Gasteiger partial charge in [0.2, 0.25) is 0 Å². The molecule has 4 nitrogen and oxygen atoms in total. The Morgan fingerprint density at radius 1 is 1.18 bits per heavy atom. The molecule has 0 amide bonds. The van der Waals surface area contributed by atoms with Crippen LogP contribution in [0.4, 0.5) is 13.2 Å². The fourth-order valence-electron chi connectivity index (χ4n) is 1.84. The number of nitrogens with zero attached hydrogens (tertiary/aromatic N) is 4. The van der Waals surface area contributed by atoms with Crippen molar-refractivity contribution in [2.24, 2.45) is 17.3 Å². The maximum absolute atomic E-state index is 12.8. The SMILES string of the molecule is Cn1c(C2(C(F)(F)F)N=N2)nc2ccccc21. The molecule has 0 N–H and O–H groups in total. The molecular weight excluding hydrogens is 233 g/mol. The van der Waals surface area contributed by atoms with Gasteiger partial charge in [-0.25, -0.2) is 4.98 Å². The second-order valence-electron chi connectivity index (χ2n) is 3.85. The van der Waals surface area contributed by atoms with Crippen LogP contribution in [0.3, 0.4) is 0 Å². The van der Waals surface area contributed by atoms with Crippen LogP contribution in [-0.2, 0) is 12.7 Å². The molecule has 0 bridgehead atoms. The molecular formula is C10H7F3N4. The normalized spacial score (nSPS) is 17.6. The van der Waals surface area contributed by atoms with E-state index in [-0.39, 0.29) is 5.82 Å². The first kappa shape index (κ1) is 10.2. The lowest BCUT2D eigenvalue weighted by molar-refractivity contribution is -0.168. The molecule has 0 saturated heterocycles. The van der Waals surface area contributed by atoms with Crippen LogP contribution in [0.25, 0.3) is 11.0 Å². The maximum Gasteiger partial charge on any atom is 0.445 e. The number of aryl methyl sites for hydroxylation is 1. The maximum atomic E-state index is 12.8. The number of hydrogen-bond acceptors (Lipinski definition) is 3. The van der Waals surface area contributed by atoms with E-state index in [0.717, 1.165) is 0 Å². The van der Waals surface area contributed by atoms with Gasteiger partial charge < -0.3 is 4.57 Å². The number of halogens is 3. The fourth-order valence-corrected chi connectivity index (χ4v) is 1.84. The summed E-state index contributed by atoms with van der Waals surface area (Å²) in [5, 5.41) is 6.30. The number of para-hydroxylation sites is 2. The lowest BCUT2D eigenvalue weighted by Crippen LogP contribution is -2.32. The summed E-state index contributed by atoms with van der Waals surface area (Å²) in [6.07, 6.45) is -4.54. The first-order chi connectivity index (χ1) is 7.96. The molecule has 1 aromatic carbocycles. The molecule has 0 fully saturated rings. The molecule has 2 aromatic rings. The number of aromatic nitrogens is 2. The van der Waals surface area contributed by atoms with Gasteiger partial charge in [0.15, 0.2) is 5.82 Å². The van der Waals surface area contributed by atoms with Crippen molar-refractivity contribution in [3.8, 4) is 0 Å². The van der Waals surface area contributed by atoms with E-state index in [9.17, 15) is 13.2 Å². The van der Waals surface area contributed by atoms with Crippen molar-refractivity contribution in [3.05, 3.63) is 30.1 Å². The minimum atomic E-state index is -4.54. The summed E-state index contributed by atoms with van der Waals surface area (Å²) in [5.74, 6) is -0.189. The zero-order valence-corrected chi connectivity index (χ0v) is 8.73. The van der Waals surface area contributed by atoms with Crippen molar-refractivity contribution in [2.75, 3.05) is 0 Å². The van der Waals surface area contributed by atoms with Crippen LogP contribution in [0.5, 0.6) is 0 Å². The van der Waals surface area contributed by atoms with Crippen LogP contribution < -0.4 is 0 Å². The molecule has 17 heavy (non-hydrogen) atoms. The van der Waals surface area contributed by atoms with Crippen LogP contribution in [0.2, 0.25) is 0 Å². The highest BCUT2D eigenvalue weighted by Gasteiger charge is 2.68. The number of alkyl halides is 3. The lowest BCUT2D eigenvalue weighted by atomic mass is 10.2. The molecule has 2 heterocycles. The third-order valence-electron chi connectivity index (χ3n) is 2.79. The first-order valence-electron chi connectivity index (χ1n) is 4.88. The highest BCUT2D eigenvalue weighted by Crippen LogP contribution is 2.52. The quantitative estimate of drug-likeness (QED) is 0.755. The van der Waals surface area contributed by atoms with Crippen LogP contribution >= 0.6 is 0 Å². The van der Waals surface area contributed by atoms with Gasteiger partial charge in [-0.2, -0.15) is 13.2 Å². The van der Waals surface area contributed by atoms with Crippen molar-refractivity contribution in [1.29, 1.82) is 0 Å². The smallest absolute Gasteiger partial charge is 0.327 e. The molecule has 1 aliphatic rings. The number of rotatable bonds is 1. The Kier molecular flexibility index (Phi) is 1.72. The van der Waals surface area contributed by atoms with Crippen molar-refractivity contribution in [3.63, 3.8) is 0 Å². The average molecular weight is 240 g/mol. The van der Waals surface area contributed by atoms with Gasteiger partial charge >= 0.3 is 11.8 Å². The molecule has 0 aliphatic carbocycles. The van der Waals surface area contributed by atoms with Gasteiger partial charge in [-0.1, -0.05) is 12.1 Å². The zero-order valence-electron chi connectivity index (χ0n) is 8.73. The van der Waals surface area contributed by atoms with E-state index in [1.807, 2.05) is 0 Å². The van der Waals surface area contributed by atoms with E-state index in [1.54, 1.807) is 24.3 Å². The number of imidazole rings is 1. The van der Waals surface area contributed by atoms with Gasteiger partial charge in [0.05, 0.1) is 11.0 Å². The monoisotopic (exact) mass is 240 g/mol. The van der Waals surface area contributed by atoms with Crippen molar-refractivity contribution in [1.82, 2.24) is 9.55 Å². The first-order valence-corrected chi connectivity index (χ1v) is 4.88. The molecule has 7 heteroatoms. The summed E-state index contributed by atoms with van der Waals surface area (Å²) in [6, 6.07) is 6.83. The van der Waals surface area contributed by atoms with Crippen molar-refractivity contribution >= 4 is 11.0 Å². The largest absolute Gasteiger partial charge is 0.445 e. The molecule has 1 aromatic heterocycles. The minimum Gasteiger partial charge on any atom is -0.327 e. The Morgan fingerprint density at radius 3 is 2.35 bits per heavy atom. The molecule has 0 unspecified atom stereocenters. The summed E-state index contributed by atoms with van der Waals surface area (Å²) in [6.45, 7) is 0. The third kappa shape index (κ3) is 1.22. The molecule has 0 atom stereocenters. The second-order valence-corrected chi connectivity index (χ2v) is 3.85. The summed E-state index contributed by atoms with van der Waals surface area (Å²) in [7, 11) is 1.53. The Balaban J connectivity index is 2.23. The van der Waals surface area contributed by atoms with Gasteiger partial charge in [-0.05, 0) is 12.1 Å². The molecule has 88 valence electrons. The van der Waals surface area contributed by atoms with Gasteiger partial charge in [0.25, 0.3) is 0 Å². The molecule has 0 radical (unpaired) electrons. The van der Waals surface area contributed by atoms with E-state index in [4.69, 9.17) is 0 Å². The predicted octanol–water partition coefficient (Wildman–Crippen LogP) is 2.75. The van der Waals surface area contributed by atoms with Gasteiger partial charge in [0.1, 0.15) is 0 Å². The standard InChI is InChI=1S/C10H7F3N4/c1-17-7-5-3-2-4-6(7)14-8(17)9(15-16-9)10(11,12)13/h2-5H,1H3. The van der Waals surface area contributed by atoms with E-state index in [1.165, 1.54) is 11.6 Å². The van der Waals surface area contributed by atoms with E-state index in [0.29, 0.717) is 11.0 Å². The topological polar surface area (TPSA) is 42.5 Å². The Labute approximate surface area is 93.8 Å². The highest BCUT2D eigenvalue weighted by molar-refractivity contribution is 5.76. The van der Waals surface area contributed by atoms with Gasteiger partial charge in [-0.3, -0.25) is 0 Å². The summed E-state index contributed by atoms with van der Waals surface area (Å²) < 4.78 is 39.9. The molecule has 1 aliphatic heterocycles. The van der Waals surface area contributed by atoms with E-state index >= 15 is 0 Å². The highest BCUT2D eigenvalue weighted by atomic mass is 19.4. The molecule has 0 saturated carbocycles. The van der Waals surface area contributed by atoms with Crippen LogP contribution in [0, 0.1) is 0 Å². The zero-order chi connectivity index (χ0) is 12.3. The van der Waals surface area contributed by atoms with Crippen molar-refractivity contribution in [2.45, 2.75) is 11.8 Å². The van der Waals surface area contributed by atoms with Gasteiger partial charge in [0, 0.05) is 7.05 Å². The Morgan fingerprint density at radius 2 is 1.82 bits per heavy atom. The molecule has 0 spiro atoms.